The van der Waals surface area contributed by atoms with Gasteiger partial charge in [0.25, 0.3) is 17.7 Å². The smallest absolute Gasteiger partial charge is 0.259 e. The molecule has 39 heavy (non-hydrogen) atoms. The van der Waals surface area contributed by atoms with E-state index in [2.05, 4.69) is 15.3 Å². The maximum Gasteiger partial charge on any atom is 0.259 e. The van der Waals surface area contributed by atoms with Gasteiger partial charge in [0.15, 0.2) is 0 Å². The van der Waals surface area contributed by atoms with Gasteiger partial charge in [-0.1, -0.05) is 41.9 Å². The number of nitrogens with one attached hydrogen (secondary N) is 1. The SMILES string of the molecule is CC1(C)c2cc(Cl)ccc2N(C(=O)c2ccc(NC(=O)c3cccnc3-c3ccccc3)nc2)CCC1(F)F. The Labute approximate surface area is 229 Å². The Morgan fingerprint density at radius 1 is 0.974 bits per heavy atom. The van der Waals surface area contributed by atoms with Crippen LogP contribution in [0.3, 0.4) is 0 Å². The molecule has 1 aliphatic rings. The van der Waals surface area contributed by atoms with Gasteiger partial charge in [-0.05, 0) is 61.9 Å². The van der Waals surface area contributed by atoms with Crippen LogP contribution >= 0.6 is 11.6 Å². The van der Waals surface area contributed by atoms with Crippen molar-refractivity contribution < 1.29 is 18.4 Å². The second-order valence-electron chi connectivity index (χ2n) is 9.85. The quantitative estimate of drug-likeness (QED) is 0.299. The molecule has 0 atom stereocenters. The molecule has 2 aromatic carbocycles. The Morgan fingerprint density at radius 2 is 1.74 bits per heavy atom. The van der Waals surface area contributed by atoms with Gasteiger partial charge in [0.05, 0.1) is 22.2 Å². The van der Waals surface area contributed by atoms with E-state index in [0.29, 0.717) is 27.5 Å². The van der Waals surface area contributed by atoms with Crippen molar-refractivity contribution in [1.29, 1.82) is 0 Å². The molecule has 0 radical (unpaired) electrons. The Balaban J connectivity index is 1.39. The van der Waals surface area contributed by atoms with Gasteiger partial charge in [-0.3, -0.25) is 14.6 Å². The summed E-state index contributed by atoms with van der Waals surface area (Å²) in [7, 11) is 0. The number of benzene rings is 2. The van der Waals surface area contributed by atoms with E-state index in [0.717, 1.165) is 5.56 Å². The number of hydrogen-bond acceptors (Lipinski definition) is 4. The lowest BCUT2D eigenvalue weighted by molar-refractivity contribution is -0.0678. The fraction of sp³-hybridized carbons (Fsp3) is 0.200. The third-order valence-electron chi connectivity index (χ3n) is 7.08. The molecule has 9 heteroatoms. The first-order chi connectivity index (χ1) is 18.6. The molecule has 4 aromatic rings. The van der Waals surface area contributed by atoms with Gasteiger partial charge in [-0.25, -0.2) is 13.8 Å². The highest BCUT2D eigenvalue weighted by Crippen LogP contribution is 2.48. The summed E-state index contributed by atoms with van der Waals surface area (Å²) >= 11 is 6.15. The topological polar surface area (TPSA) is 75.2 Å². The van der Waals surface area contributed by atoms with Crippen molar-refractivity contribution >= 4 is 34.9 Å². The van der Waals surface area contributed by atoms with Gasteiger partial charge in [0.1, 0.15) is 5.82 Å². The number of fused-ring (bicyclic) bond motifs is 1. The van der Waals surface area contributed by atoms with Crippen molar-refractivity contribution in [2.45, 2.75) is 31.6 Å². The molecule has 6 nitrogen and oxygen atoms in total. The molecule has 0 spiro atoms. The molecule has 0 unspecified atom stereocenters. The van der Waals surface area contributed by atoms with Crippen LogP contribution in [0, 0.1) is 0 Å². The van der Waals surface area contributed by atoms with Crippen LogP contribution in [0.1, 0.15) is 46.5 Å². The third kappa shape index (κ3) is 5.00. The number of rotatable bonds is 4. The summed E-state index contributed by atoms with van der Waals surface area (Å²) in [5.74, 6) is -3.71. The molecule has 0 bridgehead atoms. The summed E-state index contributed by atoms with van der Waals surface area (Å²) in [5, 5.41) is 3.06. The summed E-state index contributed by atoms with van der Waals surface area (Å²) in [6.45, 7) is 2.74. The first-order valence-electron chi connectivity index (χ1n) is 12.4. The van der Waals surface area contributed by atoms with E-state index >= 15 is 8.78 Å². The molecule has 1 aliphatic heterocycles. The average Bonchev–Trinajstić information content (AvgIpc) is 3.01. The van der Waals surface area contributed by atoms with Crippen LogP contribution in [0.15, 0.2) is 85.2 Å². The van der Waals surface area contributed by atoms with Crippen LogP contribution in [0.25, 0.3) is 11.3 Å². The predicted molar refractivity (Wildman–Crippen MR) is 148 cm³/mol. The number of alkyl halides is 2. The Hall–Kier alpha value is -4.17. The zero-order valence-corrected chi connectivity index (χ0v) is 22.0. The van der Waals surface area contributed by atoms with E-state index in [1.165, 1.54) is 43.1 Å². The monoisotopic (exact) mass is 546 g/mol. The van der Waals surface area contributed by atoms with Crippen molar-refractivity contribution in [3.63, 3.8) is 0 Å². The maximum atomic E-state index is 15.1. The molecule has 0 aliphatic carbocycles. The second-order valence-corrected chi connectivity index (χ2v) is 10.3. The molecule has 0 saturated heterocycles. The van der Waals surface area contributed by atoms with Gasteiger partial charge >= 0.3 is 0 Å². The third-order valence-corrected chi connectivity index (χ3v) is 7.32. The highest BCUT2D eigenvalue weighted by Gasteiger charge is 2.51. The van der Waals surface area contributed by atoms with Crippen LogP contribution in [-0.2, 0) is 5.41 Å². The number of hydrogen-bond donors (Lipinski definition) is 1. The van der Waals surface area contributed by atoms with Crippen LogP contribution in [0.5, 0.6) is 0 Å². The normalized spacial score (nSPS) is 15.7. The van der Waals surface area contributed by atoms with E-state index < -0.39 is 29.6 Å². The number of nitrogens with zero attached hydrogens (tertiary/aromatic N) is 3. The van der Waals surface area contributed by atoms with E-state index in [1.807, 2.05) is 30.3 Å². The first-order valence-corrected chi connectivity index (χ1v) is 12.7. The van der Waals surface area contributed by atoms with E-state index in [1.54, 1.807) is 30.5 Å². The molecule has 0 saturated carbocycles. The summed E-state index contributed by atoms with van der Waals surface area (Å²) < 4.78 is 30.2. The lowest BCUT2D eigenvalue weighted by Gasteiger charge is -2.33. The Kier molecular flexibility index (Phi) is 6.91. The maximum absolute atomic E-state index is 15.1. The van der Waals surface area contributed by atoms with Crippen LogP contribution in [0.4, 0.5) is 20.3 Å². The zero-order chi connectivity index (χ0) is 27.8. The fourth-order valence-corrected chi connectivity index (χ4v) is 4.86. The average molecular weight is 547 g/mol. The minimum Gasteiger partial charge on any atom is -0.308 e. The molecule has 5 rings (SSSR count). The Morgan fingerprint density at radius 3 is 2.46 bits per heavy atom. The minimum atomic E-state index is -3.06. The number of anilines is 2. The molecular weight excluding hydrogens is 522 g/mol. The summed E-state index contributed by atoms with van der Waals surface area (Å²) in [4.78, 5) is 36.5. The lowest BCUT2D eigenvalue weighted by atomic mass is 9.77. The number of carbonyl (C=O) groups excluding carboxylic acids is 2. The standard InChI is InChI=1S/C30H25ClF2N4O2/c1-29(2)23-17-21(31)11-12-24(23)37(16-14-30(29,32)33)28(39)20-10-13-25(35-18-20)36-27(38)22-9-6-15-34-26(22)19-7-4-3-5-8-19/h3-13,15,17-18H,14,16H2,1-2H3,(H,35,36,38). The number of aromatic nitrogens is 2. The van der Waals surface area contributed by atoms with Gasteiger partial charge in [0, 0.05) is 41.6 Å². The van der Waals surface area contributed by atoms with Gasteiger partial charge in [-0.2, -0.15) is 0 Å². The fourth-order valence-electron chi connectivity index (χ4n) is 4.69. The number of amides is 2. The summed E-state index contributed by atoms with van der Waals surface area (Å²) in [6.07, 6.45) is 2.43. The highest BCUT2D eigenvalue weighted by molar-refractivity contribution is 6.30. The number of carbonyl (C=O) groups is 2. The molecule has 198 valence electrons. The zero-order valence-electron chi connectivity index (χ0n) is 21.3. The first kappa shape index (κ1) is 26.4. The van der Waals surface area contributed by atoms with Gasteiger partial charge < -0.3 is 10.2 Å². The molecule has 1 N–H and O–H groups in total. The van der Waals surface area contributed by atoms with Crippen molar-refractivity contribution in [3.05, 3.63) is 107 Å². The van der Waals surface area contributed by atoms with E-state index in [-0.39, 0.29) is 17.9 Å². The van der Waals surface area contributed by atoms with Crippen molar-refractivity contribution in [3.8, 4) is 11.3 Å². The molecule has 2 amide bonds. The number of halogens is 3. The van der Waals surface area contributed by atoms with E-state index in [4.69, 9.17) is 11.6 Å². The molecule has 2 aromatic heterocycles. The van der Waals surface area contributed by atoms with Crippen LogP contribution in [0.2, 0.25) is 5.02 Å². The van der Waals surface area contributed by atoms with Gasteiger partial charge in [-0.15, -0.1) is 0 Å². The van der Waals surface area contributed by atoms with Crippen molar-refractivity contribution in [2.75, 3.05) is 16.8 Å². The van der Waals surface area contributed by atoms with Crippen LogP contribution < -0.4 is 10.2 Å². The molecule has 3 heterocycles. The van der Waals surface area contributed by atoms with Crippen molar-refractivity contribution in [2.24, 2.45) is 0 Å². The lowest BCUT2D eigenvalue weighted by Crippen LogP contribution is -2.40. The Bertz CT molecular complexity index is 1540. The van der Waals surface area contributed by atoms with Crippen molar-refractivity contribution in [1.82, 2.24) is 9.97 Å². The summed E-state index contributed by atoms with van der Waals surface area (Å²) in [6, 6.07) is 20.4. The van der Waals surface area contributed by atoms with Crippen LogP contribution in [-0.4, -0.2) is 34.2 Å². The number of pyridine rings is 2. The minimum absolute atomic E-state index is 0.175. The highest BCUT2D eigenvalue weighted by atomic mass is 35.5. The molecular formula is C30H25ClF2N4O2. The van der Waals surface area contributed by atoms with Gasteiger partial charge in [0.2, 0.25) is 0 Å². The predicted octanol–water partition coefficient (Wildman–Crippen LogP) is 7.01. The largest absolute Gasteiger partial charge is 0.308 e. The van der Waals surface area contributed by atoms with E-state index in [9.17, 15) is 9.59 Å². The molecule has 0 fully saturated rings. The summed E-state index contributed by atoms with van der Waals surface area (Å²) in [5.41, 5.74) is 1.05. The second kappa shape index (κ2) is 10.2.